The largest absolute Gasteiger partial charge is 0.446 e. The van der Waals surface area contributed by atoms with Crippen LogP contribution in [0.3, 0.4) is 0 Å². The maximum Gasteiger partial charge on any atom is 0.407 e. The van der Waals surface area contributed by atoms with Gasteiger partial charge in [0.2, 0.25) is 5.95 Å². The Balaban J connectivity index is 1.30. The average Bonchev–Trinajstić information content (AvgIpc) is 3.01. The number of aromatic nitrogens is 4. The molecule has 3 N–H and O–H groups in total. The first kappa shape index (κ1) is 16.7. The number of carbonyl (C=O) groups excluding carboxylic acids is 1. The minimum Gasteiger partial charge on any atom is -0.446 e. The van der Waals surface area contributed by atoms with E-state index in [2.05, 4.69) is 30.8 Å². The van der Waals surface area contributed by atoms with E-state index in [1.54, 1.807) is 0 Å². The minimum atomic E-state index is -0.630. The summed E-state index contributed by atoms with van der Waals surface area (Å²) in [6.45, 7) is 2.02. The molecule has 0 radical (unpaired) electrons. The predicted octanol–water partition coefficient (Wildman–Crippen LogP) is 3.00. The number of halogens is 1. The third kappa shape index (κ3) is 3.92. The van der Waals surface area contributed by atoms with Crippen LogP contribution in [0.15, 0.2) is 18.5 Å². The zero-order valence-corrected chi connectivity index (χ0v) is 14.5. The van der Waals surface area contributed by atoms with E-state index in [4.69, 9.17) is 4.74 Å². The Kier molecular flexibility index (Phi) is 4.21. The Morgan fingerprint density at radius 1 is 1.31 bits per heavy atom. The van der Waals surface area contributed by atoms with Crippen LogP contribution in [0, 0.1) is 5.95 Å². The molecule has 9 heteroatoms. The standard InChI is InChI=1S/C17H21FN6O2/c1-17(4-5-17)22-16(25)26-11-3-2-10(6-11)12-7-14(24-23-12)21-15-9-19-13(18)8-20-15/h7-11H,2-6H2,1H3,(H,22,25)(H2,20,21,23,24)/t10-,11+/m0/s1. The van der Waals surface area contributed by atoms with E-state index in [0.29, 0.717) is 11.6 Å². The van der Waals surface area contributed by atoms with Crippen LogP contribution in [0.25, 0.3) is 0 Å². The zero-order chi connectivity index (χ0) is 18.1. The molecule has 2 atom stereocenters. The first-order valence-corrected chi connectivity index (χ1v) is 8.78. The van der Waals surface area contributed by atoms with Crippen molar-refractivity contribution in [2.45, 2.75) is 56.6 Å². The maximum atomic E-state index is 12.8. The van der Waals surface area contributed by atoms with E-state index < -0.39 is 5.95 Å². The van der Waals surface area contributed by atoms with Gasteiger partial charge in [-0.1, -0.05) is 0 Å². The smallest absolute Gasteiger partial charge is 0.407 e. The molecule has 0 saturated heterocycles. The van der Waals surface area contributed by atoms with Gasteiger partial charge in [0.1, 0.15) is 11.9 Å². The summed E-state index contributed by atoms with van der Waals surface area (Å²) in [5.41, 5.74) is 0.908. The lowest BCUT2D eigenvalue weighted by molar-refractivity contribution is 0.0967. The van der Waals surface area contributed by atoms with E-state index >= 15 is 0 Å². The number of anilines is 2. The maximum absolute atomic E-state index is 12.8. The number of amides is 1. The Hall–Kier alpha value is -2.71. The van der Waals surface area contributed by atoms with Crippen LogP contribution in [0.5, 0.6) is 0 Å². The van der Waals surface area contributed by atoms with E-state index in [1.165, 1.54) is 6.20 Å². The van der Waals surface area contributed by atoms with Crippen LogP contribution in [-0.2, 0) is 4.74 Å². The lowest BCUT2D eigenvalue weighted by Crippen LogP contribution is -2.36. The molecule has 2 fully saturated rings. The quantitative estimate of drug-likeness (QED) is 0.757. The number of aromatic amines is 1. The zero-order valence-electron chi connectivity index (χ0n) is 14.5. The second-order valence-corrected chi connectivity index (χ2v) is 7.28. The van der Waals surface area contributed by atoms with Gasteiger partial charge in [0.15, 0.2) is 5.82 Å². The lowest BCUT2D eigenvalue weighted by Gasteiger charge is -2.16. The normalized spacial score (nSPS) is 23.5. The number of rotatable bonds is 5. The lowest BCUT2D eigenvalue weighted by atomic mass is 10.0. The van der Waals surface area contributed by atoms with Crippen LogP contribution in [0.1, 0.15) is 50.6 Å². The molecule has 1 amide bonds. The summed E-state index contributed by atoms with van der Waals surface area (Å²) in [7, 11) is 0. The SMILES string of the molecule is CC1(NC(=O)O[C@@H]2CC[C@H](c3cc(Nc4cnc(F)cn4)n[nH]3)C2)CC1. The van der Waals surface area contributed by atoms with Gasteiger partial charge in [0.25, 0.3) is 0 Å². The van der Waals surface area contributed by atoms with Crippen molar-refractivity contribution in [3.05, 3.63) is 30.1 Å². The van der Waals surface area contributed by atoms with Gasteiger partial charge in [-0.15, -0.1) is 0 Å². The minimum absolute atomic E-state index is 0.0672. The van der Waals surface area contributed by atoms with Crippen LogP contribution in [0.4, 0.5) is 20.8 Å². The Labute approximate surface area is 150 Å². The summed E-state index contributed by atoms with van der Waals surface area (Å²) in [6.07, 6.45) is 6.50. The highest BCUT2D eigenvalue weighted by Gasteiger charge is 2.40. The van der Waals surface area contributed by atoms with E-state index in [1.807, 2.05) is 13.0 Å². The summed E-state index contributed by atoms with van der Waals surface area (Å²) in [5, 5.41) is 13.1. The second kappa shape index (κ2) is 6.54. The molecule has 0 aliphatic heterocycles. The highest BCUT2D eigenvalue weighted by molar-refractivity contribution is 5.69. The molecule has 2 heterocycles. The second-order valence-electron chi connectivity index (χ2n) is 7.28. The average molecular weight is 360 g/mol. The highest BCUT2D eigenvalue weighted by Crippen LogP contribution is 2.37. The molecule has 0 spiro atoms. The Bertz CT molecular complexity index is 789. The molecule has 0 bridgehead atoms. The van der Waals surface area contributed by atoms with Gasteiger partial charge in [-0.25, -0.2) is 14.8 Å². The molecule has 2 saturated carbocycles. The fourth-order valence-corrected chi connectivity index (χ4v) is 3.19. The summed E-state index contributed by atoms with van der Waals surface area (Å²) in [4.78, 5) is 19.4. The third-order valence-corrected chi connectivity index (χ3v) is 4.98. The van der Waals surface area contributed by atoms with E-state index in [-0.39, 0.29) is 23.7 Å². The molecule has 2 aliphatic carbocycles. The Morgan fingerprint density at radius 3 is 2.88 bits per heavy atom. The molecule has 2 aliphatic rings. The number of hydrogen-bond acceptors (Lipinski definition) is 6. The molecular formula is C17H21FN6O2. The van der Waals surface area contributed by atoms with Crippen LogP contribution < -0.4 is 10.6 Å². The van der Waals surface area contributed by atoms with E-state index in [9.17, 15) is 9.18 Å². The van der Waals surface area contributed by atoms with Crippen molar-refractivity contribution in [2.75, 3.05) is 5.32 Å². The molecule has 8 nitrogen and oxygen atoms in total. The Morgan fingerprint density at radius 2 is 2.15 bits per heavy atom. The molecule has 2 aromatic rings. The number of alkyl carbamates (subject to hydrolysis) is 1. The highest BCUT2D eigenvalue weighted by atomic mass is 19.1. The molecule has 26 heavy (non-hydrogen) atoms. The summed E-state index contributed by atoms with van der Waals surface area (Å²) in [5.74, 6) is 0.633. The van der Waals surface area contributed by atoms with Crippen molar-refractivity contribution in [1.82, 2.24) is 25.5 Å². The molecule has 0 aromatic carbocycles. The molecule has 2 aromatic heterocycles. The van der Waals surface area contributed by atoms with Gasteiger partial charge < -0.3 is 15.4 Å². The summed E-state index contributed by atoms with van der Waals surface area (Å²) >= 11 is 0. The fraction of sp³-hybridized carbons (Fsp3) is 0.529. The van der Waals surface area contributed by atoms with Gasteiger partial charge in [0.05, 0.1) is 12.4 Å². The summed E-state index contributed by atoms with van der Waals surface area (Å²) < 4.78 is 18.3. The first-order chi connectivity index (χ1) is 12.5. The van der Waals surface area contributed by atoms with Crippen molar-refractivity contribution in [3.63, 3.8) is 0 Å². The van der Waals surface area contributed by atoms with Gasteiger partial charge in [-0.05, 0) is 39.0 Å². The number of nitrogens with one attached hydrogen (secondary N) is 3. The monoisotopic (exact) mass is 360 g/mol. The molecule has 138 valence electrons. The van der Waals surface area contributed by atoms with Crippen molar-refractivity contribution in [3.8, 4) is 0 Å². The summed E-state index contributed by atoms with van der Waals surface area (Å²) in [6, 6.07) is 1.89. The van der Waals surface area contributed by atoms with Crippen molar-refractivity contribution in [2.24, 2.45) is 0 Å². The third-order valence-electron chi connectivity index (χ3n) is 4.98. The molecular weight excluding hydrogens is 339 g/mol. The van der Waals surface area contributed by atoms with Crippen LogP contribution in [0.2, 0.25) is 0 Å². The van der Waals surface area contributed by atoms with E-state index in [0.717, 1.165) is 44.0 Å². The topological polar surface area (TPSA) is 105 Å². The number of ether oxygens (including phenoxy) is 1. The van der Waals surface area contributed by atoms with Crippen LogP contribution in [-0.4, -0.2) is 37.9 Å². The van der Waals surface area contributed by atoms with Gasteiger partial charge in [-0.3, -0.25) is 5.10 Å². The van der Waals surface area contributed by atoms with Gasteiger partial charge in [-0.2, -0.15) is 9.49 Å². The van der Waals surface area contributed by atoms with Gasteiger partial charge in [0, 0.05) is 23.2 Å². The van der Waals surface area contributed by atoms with Gasteiger partial charge >= 0.3 is 6.09 Å². The number of hydrogen-bond donors (Lipinski definition) is 3. The number of H-pyrrole nitrogens is 1. The molecule has 4 rings (SSSR count). The first-order valence-electron chi connectivity index (χ1n) is 8.78. The predicted molar refractivity (Wildman–Crippen MR) is 91.5 cm³/mol. The van der Waals surface area contributed by atoms with Crippen LogP contribution >= 0.6 is 0 Å². The number of nitrogens with zero attached hydrogens (tertiary/aromatic N) is 3. The van der Waals surface area contributed by atoms with Crippen molar-refractivity contribution < 1.29 is 13.9 Å². The fourth-order valence-electron chi connectivity index (χ4n) is 3.19. The number of carbonyl (C=O) groups is 1. The van der Waals surface area contributed by atoms with Crippen molar-refractivity contribution >= 4 is 17.7 Å². The van der Waals surface area contributed by atoms with Crippen molar-refractivity contribution in [1.29, 1.82) is 0 Å². The molecule has 0 unspecified atom stereocenters.